The Morgan fingerprint density at radius 2 is 1.87 bits per heavy atom. The minimum Gasteiger partial charge on any atom is -0.494 e. The number of hydrogen-bond donors (Lipinski definition) is 1. The minimum atomic E-state index is -0.210. The van der Waals surface area contributed by atoms with Gasteiger partial charge in [0.1, 0.15) is 0 Å². The lowest BCUT2D eigenvalue weighted by atomic mass is 10.0. The molecule has 1 aliphatic heterocycles. The van der Waals surface area contributed by atoms with Crippen LogP contribution >= 0.6 is 23.2 Å². The molecule has 0 unspecified atom stereocenters. The first kappa shape index (κ1) is 18.3. The van der Waals surface area contributed by atoms with E-state index in [0.717, 1.165) is 26.3 Å². The van der Waals surface area contributed by atoms with E-state index in [2.05, 4.69) is 24.1 Å². The first-order chi connectivity index (χ1) is 10.8. The van der Waals surface area contributed by atoms with Crippen LogP contribution in [-0.2, 0) is 4.74 Å². The topological polar surface area (TPSA) is 50.8 Å². The molecule has 0 aromatic heterocycles. The van der Waals surface area contributed by atoms with Crippen LogP contribution in [0.3, 0.4) is 0 Å². The zero-order valence-corrected chi connectivity index (χ0v) is 15.1. The summed E-state index contributed by atoms with van der Waals surface area (Å²) in [6.45, 7) is 7.90. The number of amides is 1. The summed E-state index contributed by atoms with van der Waals surface area (Å²) in [5.41, 5.74) is 0.262. The van der Waals surface area contributed by atoms with Crippen LogP contribution in [0.25, 0.3) is 0 Å². The molecule has 1 amide bonds. The third-order valence-electron chi connectivity index (χ3n) is 4.01. The van der Waals surface area contributed by atoms with Crippen molar-refractivity contribution < 1.29 is 14.3 Å². The second-order valence-electron chi connectivity index (χ2n) is 6.07. The Kier molecular flexibility index (Phi) is 6.14. The Bertz CT molecular complexity index is 549. The number of nitrogens with zero attached hydrogens (tertiary/aromatic N) is 1. The van der Waals surface area contributed by atoms with Crippen LogP contribution in [0.15, 0.2) is 12.1 Å². The summed E-state index contributed by atoms with van der Waals surface area (Å²) < 4.78 is 10.5. The molecule has 0 atom stereocenters. The van der Waals surface area contributed by atoms with Crippen molar-refractivity contribution in [1.82, 2.24) is 10.2 Å². The smallest absolute Gasteiger partial charge is 0.251 e. The summed E-state index contributed by atoms with van der Waals surface area (Å²) in [6.07, 6.45) is 0. The number of carbonyl (C=O) groups is 1. The Balaban J connectivity index is 2.01. The molecule has 2 rings (SSSR count). The van der Waals surface area contributed by atoms with Crippen molar-refractivity contribution in [2.24, 2.45) is 0 Å². The monoisotopic (exact) mass is 360 g/mol. The van der Waals surface area contributed by atoms with Gasteiger partial charge in [-0.1, -0.05) is 23.2 Å². The molecule has 1 aromatic rings. The molecule has 7 heteroatoms. The molecule has 0 saturated carbocycles. The molecule has 1 aliphatic rings. The molecule has 1 heterocycles. The van der Waals surface area contributed by atoms with Crippen LogP contribution in [0.4, 0.5) is 0 Å². The number of morpholine rings is 1. The van der Waals surface area contributed by atoms with Crippen LogP contribution < -0.4 is 10.1 Å². The molecule has 23 heavy (non-hydrogen) atoms. The van der Waals surface area contributed by atoms with E-state index in [9.17, 15) is 4.79 Å². The number of benzene rings is 1. The van der Waals surface area contributed by atoms with E-state index in [0.29, 0.717) is 27.9 Å². The second kappa shape index (κ2) is 7.71. The maximum Gasteiger partial charge on any atom is 0.251 e. The summed E-state index contributed by atoms with van der Waals surface area (Å²) in [5.74, 6) is 0.163. The van der Waals surface area contributed by atoms with Gasteiger partial charge in [-0.25, -0.2) is 0 Å². The molecule has 1 N–H and O–H groups in total. The van der Waals surface area contributed by atoms with Crippen molar-refractivity contribution in [2.75, 3.05) is 40.0 Å². The van der Waals surface area contributed by atoms with Crippen molar-refractivity contribution in [3.05, 3.63) is 27.7 Å². The van der Waals surface area contributed by atoms with Crippen LogP contribution in [-0.4, -0.2) is 56.3 Å². The molecule has 1 aromatic carbocycles. The van der Waals surface area contributed by atoms with Crippen molar-refractivity contribution in [3.63, 3.8) is 0 Å². The van der Waals surface area contributed by atoms with Gasteiger partial charge in [-0.3, -0.25) is 9.69 Å². The largest absolute Gasteiger partial charge is 0.494 e. The van der Waals surface area contributed by atoms with E-state index < -0.39 is 0 Å². The Morgan fingerprint density at radius 1 is 1.30 bits per heavy atom. The number of methoxy groups -OCH3 is 1. The quantitative estimate of drug-likeness (QED) is 0.876. The SMILES string of the molecule is COc1c(Cl)cc(C(=O)NCC(C)(C)N2CCOCC2)cc1Cl. The number of rotatable bonds is 5. The normalized spacial score (nSPS) is 16.2. The number of ether oxygens (including phenoxy) is 2. The maximum atomic E-state index is 12.4. The number of nitrogens with one attached hydrogen (secondary N) is 1. The lowest BCUT2D eigenvalue weighted by Crippen LogP contribution is -2.55. The molecule has 1 fully saturated rings. The molecule has 5 nitrogen and oxygen atoms in total. The van der Waals surface area contributed by atoms with Crippen molar-refractivity contribution in [1.29, 1.82) is 0 Å². The standard InChI is InChI=1S/C16H22Cl2N2O3/c1-16(2,20-4-6-23-7-5-20)10-19-15(21)11-8-12(17)14(22-3)13(18)9-11/h8-9H,4-7,10H2,1-3H3,(H,19,21). The third-order valence-corrected chi connectivity index (χ3v) is 4.57. The number of carbonyl (C=O) groups excluding carboxylic acids is 1. The van der Waals surface area contributed by atoms with E-state index >= 15 is 0 Å². The molecule has 0 radical (unpaired) electrons. The van der Waals surface area contributed by atoms with Gasteiger partial charge in [-0.2, -0.15) is 0 Å². The lowest BCUT2D eigenvalue weighted by molar-refractivity contribution is -0.00923. The fourth-order valence-corrected chi connectivity index (χ4v) is 3.21. The molecular formula is C16H22Cl2N2O3. The highest BCUT2D eigenvalue weighted by Crippen LogP contribution is 2.33. The lowest BCUT2D eigenvalue weighted by Gasteiger charge is -2.40. The fourth-order valence-electron chi connectivity index (χ4n) is 2.57. The average Bonchev–Trinajstić information content (AvgIpc) is 2.53. The first-order valence-corrected chi connectivity index (χ1v) is 8.25. The highest BCUT2D eigenvalue weighted by molar-refractivity contribution is 6.37. The average molecular weight is 361 g/mol. The van der Waals surface area contributed by atoms with Gasteiger partial charge in [0.2, 0.25) is 0 Å². The van der Waals surface area contributed by atoms with Crippen LogP contribution in [0.5, 0.6) is 5.75 Å². The summed E-state index contributed by atoms with van der Waals surface area (Å²) in [7, 11) is 1.48. The van der Waals surface area contributed by atoms with Gasteiger partial charge >= 0.3 is 0 Å². The molecular weight excluding hydrogens is 339 g/mol. The first-order valence-electron chi connectivity index (χ1n) is 7.49. The summed E-state index contributed by atoms with van der Waals surface area (Å²) >= 11 is 12.2. The van der Waals surface area contributed by atoms with Gasteiger partial charge in [0.15, 0.2) is 5.75 Å². The molecule has 0 spiro atoms. The third kappa shape index (κ3) is 4.51. The minimum absolute atomic E-state index is 0.153. The van der Waals surface area contributed by atoms with Crippen molar-refractivity contribution in [3.8, 4) is 5.75 Å². The molecule has 0 aliphatic carbocycles. The van der Waals surface area contributed by atoms with E-state index in [-0.39, 0.29) is 11.4 Å². The van der Waals surface area contributed by atoms with Gasteiger partial charge in [0, 0.05) is 30.7 Å². The van der Waals surface area contributed by atoms with Gasteiger partial charge in [-0.05, 0) is 26.0 Å². The summed E-state index contributed by atoms with van der Waals surface area (Å²) in [5, 5.41) is 3.58. The van der Waals surface area contributed by atoms with Crippen LogP contribution in [0.2, 0.25) is 10.0 Å². The van der Waals surface area contributed by atoms with Gasteiger partial charge in [0.05, 0.1) is 30.4 Å². The number of halogens is 2. The Hall–Kier alpha value is -1.01. The molecule has 1 saturated heterocycles. The van der Waals surface area contributed by atoms with Crippen molar-refractivity contribution in [2.45, 2.75) is 19.4 Å². The van der Waals surface area contributed by atoms with Gasteiger partial charge in [0.25, 0.3) is 5.91 Å². The Labute approximate surface area is 146 Å². The van der Waals surface area contributed by atoms with Crippen LogP contribution in [0, 0.1) is 0 Å². The van der Waals surface area contributed by atoms with Crippen LogP contribution in [0.1, 0.15) is 24.2 Å². The van der Waals surface area contributed by atoms with Gasteiger partial charge < -0.3 is 14.8 Å². The summed E-state index contributed by atoms with van der Waals surface area (Å²) in [6, 6.07) is 3.12. The molecule has 0 bridgehead atoms. The zero-order valence-electron chi connectivity index (χ0n) is 13.6. The Morgan fingerprint density at radius 3 is 2.39 bits per heavy atom. The van der Waals surface area contributed by atoms with Gasteiger partial charge in [-0.15, -0.1) is 0 Å². The highest BCUT2D eigenvalue weighted by Gasteiger charge is 2.28. The van der Waals surface area contributed by atoms with E-state index in [4.69, 9.17) is 32.7 Å². The highest BCUT2D eigenvalue weighted by atomic mass is 35.5. The number of hydrogen-bond acceptors (Lipinski definition) is 4. The van der Waals surface area contributed by atoms with Crippen molar-refractivity contribution >= 4 is 29.1 Å². The molecule has 128 valence electrons. The summed E-state index contributed by atoms with van der Waals surface area (Å²) in [4.78, 5) is 14.7. The van der Waals surface area contributed by atoms with E-state index in [1.807, 2.05) is 0 Å². The fraction of sp³-hybridized carbons (Fsp3) is 0.562. The zero-order chi connectivity index (χ0) is 17.0. The van der Waals surface area contributed by atoms with E-state index in [1.165, 1.54) is 7.11 Å². The predicted molar refractivity (Wildman–Crippen MR) is 91.8 cm³/mol. The van der Waals surface area contributed by atoms with E-state index in [1.54, 1.807) is 12.1 Å². The second-order valence-corrected chi connectivity index (χ2v) is 6.88. The maximum absolute atomic E-state index is 12.4. The predicted octanol–water partition coefficient (Wildman–Crippen LogP) is 2.84.